The first-order chi connectivity index (χ1) is 29.4. The number of nitrogen functional groups attached to an aromatic ring is 1. The van der Waals surface area contributed by atoms with Crippen molar-refractivity contribution < 1.29 is 0 Å². The molecule has 0 spiro atoms. The second-order valence-electron chi connectivity index (χ2n) is 18.5. The highest BCUT2D eigenvalue weighted by Gasteiger charge is 2.20. The van der Waals surface area contributed by atoms with Gasteiger partial charge in [-0.25, -0.2) is 9.98 Å². The summed E-state index contributed by atoms with van der Waals surface area (Å²) < 4.78 is 0.0591. The monoisotopic (exact) mass is 904 g/mol. The van der Waals surface area contributed by atoms with Crippen molar-refractivity contribution in [1.29, 1.82) is 0 Å². The van der Waals surface area contributed by atoms with E-state index in [9.17, 15) is 0 Å². The molecule has 0 fully saturated rings. The molecule has 4 N–H and O–H groups in total. The number of hydrogen-bond acceptors (Lipinski definition) is 3. The molecule has 0 heterocycles. The second kappa shape index (κ2) is 21.2. The number of nitrogens with two attached hydrogens (primary N) is 1. The highest BCUT2D eigenvalue weighted by Crippen LogP contribution is 2.37. The minimum atomic E-state index is 0.0591. The normalized spacial score (nSPS) is 10.8. The van der Waals surface area contributed by atoms with E-state index in [1.807, 2.05) is 13.8 Å². The quantitative estimate of drug-likeness (QED) is 0.0955. The summed E-state index contributed by atoms with van der Waals surface area (Å²) in [7, 11) is 0. The number of hydrogen-bond donors (Lipinski definition) is 3. The Morgan fingerprint density at radius 2 is 0.469 bits per heavy atom. The molecule has 0 aliphatic carbocycles. The maximum Gasteiger partial charge on any atom is 0.205 e. The molecule has 0 bridgehead atoms. The van der Waals surface area contributed by atoms with E-state index < -0.39 is 0 Å². The van der Waals surface area contributed by atoms with E-state index in [2.05, 4.69) is 175 Å². The van der Waals surface area contributed by atoms with Crippen molar-refractivity contribution >= 4 is 62.2 Å². The van der Waals surface area contributed by atoms with E-state index in [-0.39, 0.29) is 4.63 Å². The van der Waals surface area contributed by atoms with Crippen molar-refractivity contribution in [2.75, 3.05) is 16.4 Å². The smallest absolute Gasteiger partial charge is 0.205 e. The van der Waals surface area contributed by atoms with Gasteiger partial charge in [-0.3, -0.25) is 0 Å². The maximum atomic E-state index is 5.95. The van der Waals surface area contributed by atoms with E-state index in [1.165, 1.54) is 128 Å². The van der Waals surface area contributed by atoms with Crippen LogP contribution >= 0.6 is 23.2 Å². The van der Waals surface area contributed by atoms with Gasteiger partial charge in [0.15, 0.2) is 4.63 Å². The Bertz CT molecular complexity index is 2430. The van der Waals surface area contributed by atoms with Crippen LogP contribution in [0.4, 0.5) is 28.4 Å². The Morgan fingerprint density at radius 3 is 0.703 bits per heavy atom. The fraction of sp³-hybridized carbons (Fsp3) is 0.439. The number of benzene rings is 5. The Hall–Kier alpha value is -4.58. The van der Waals surface area contributed by atoms with Crippen LogP contribution < -0.4 is 16.4 Å². The summed E-state index contributed by atoms with van der Waals surface area (Å²) in [6.07, 6.45) is 0. The minimum Gasteiger partial charge on any atom is -0.398 e. The van der Waals surface area contributed by atoms with Gasteiger partial charge < -0.3 is 16.4 Å². The third-order valence-corrected chi connectivity index (χ3v) is 16.1. The molecule has 0 aliphatic heterocycles. The summed E-state index contributed by atoms with van der Waals surface area (Å²) in [6.45, 7) is 54.2. The van der Waals surface area contributed by atoms with E-state index in [0.717, 1.165) is 45.5 Å². The van der Waals surface area contributed by atoms with Crippen molar-refractivity contribution in [3.63, 3.8) is 0 Å². The van der Waals surface area contributed by atoms with Gasteiger partial charge in [0.25, 0.3) is 0 Å². The number of nitrogens with zero attached hydrogens (tertiary/aromatic N) is 2. The van der Waals surface area contributed by atoms with Gasteiger partial charge >= 0.3 is 0 Å². The van der Waals surface area contributed by atoms with Crippen LogP contribution in [0.3, 0.4) is 0 Å². The van der Waals surface area contributed by atoms with Crippen molar-refractivity contribution in [1.82, 2.24) is 0 Å². The zero-order valence-corrected chi connectivity index (χ0v) is 45.7. The molecule has 0 atom stereocenters. The summed E-state index contributed by atoms with van der Waals surface area (Å²) in [5.41, 5.74) is 43.3. The summed E-state index contributed by atoms with van der Waals surface area (Å²) >= 11 is 11.2. The number of anilines is 3. The molecular formula is C57H79Cl2N5. The predicted octanol–water partition coefficient (Wildman–Crippen LogP) is 17.0. The molecule has 346 valence electrons. The third kappa shape index (κ3) is 10.6. The lowest BCUT2D eigenvalue weighted by Gasteiger charge is -2.25. The Labute approximate surface area is 398 Å². The van der Waals surface area contributed by atoms with Gasteiger partial charge in [0.1, 0.15) is 0 Å². The standard InChI is InChI=1S/C34H47N3.C12H15Cl2N.C11H17N/c1-16-19(4)25(10)31(26(11)20(16)5)35-34(36-32-27(12)21(6)17(2)22(7)28(32)13)37-33-29(14)23(8)18(3)24(9)30(33)15;1-6-7(2)9(4)11(15-12(13)14)10(5)8(6)3;1-6-7(2)9(4)11(12)10(5)8(6)3/h1-15H3,(H2,35,36,37);1-5H3;12H2,1-5H3. The maximum absolute atomic E-state index is 5.95. The van der Waals surface area contributed by atoms with Gasteiger partial charge in [0.2, 0.25) is 5.96 Å². The Balaban J connectivity index is 0.000000327. The lowest BCUT2D eigenvalue weighted by molar-refractivity contribution is 1.15. The van der Waals surface area contributed by atoms with Crippen LogP contribution in [0, 0.1) is 173 Å². The number of aliphatic imine (C=N–C) groups is 2. The summed E-state index contributed by atoms with van der Waals surface area (Å²) in [5.74, 6) is 0.761. The predicted molar refractivity (Wildman–Crippen MR) is 288 cm³/mol. The molecule has 0 saturated carbocycles. The first-order valence-electron chi connectivity index (χ1n) is 22.6. The fourth-order valence-corrected chi connectivity index (χ4v) is 8.89. The van der Waals surface area contributed by atoms with Crippen molar-refractivity contribution in [2.45, 2.75) is 173 Å². The lowest BCUT2D eigenvalue weighted by atomic mass is 9.92. The van der Waals surface area contributed by atoms with E-state index in [1.54, 1.807) is 0 Å². The molecule has 5 rings (SSSR count). The van der Waals surface area contributed by atoms with Gasteiger partial charge in [0, 0.05) is 17.1 Å². The largest absolute Gasteiger partial charge is 0.398 e. The fourth-order valence-electron chi connectivity index (χ4n) is 8.72. The van der Waals surface area contributed by atoms with Crippen molar-refractivity contribution in [3.8, 4) is 0 Å². The topological polar surface area (TPSA) is 74.8 Å². The van der Waals surface area contributed by atoms with Crippen LogP contribution in [0.25, 0.3) is 0 Å². The van der Waals surface area contributed by atoms with Crippen LogP contribution in [0.5, 0.6) is 0 Å². The van der Waals surface area contributed by atoms with Crippen molar-refractivity contribution in [2.24, 2.45) is 9.98 Å². The highest BCUT2D eigenvalue weighted by molar-refractivity contribution is 6.95. The zero-order chi connectivity index (χ0) is 49.3. The molecule has 0 unspecified atom stereocenters. The molecule has 5 nitrogen and oxygen atoms in total. The first-order valence-corrected chi connectivity index (χ1v) is 23.3. The summed E-state index contributed by atoms with van der Waals surface area (Å²) in [6, 6.07) is 0. The van der Waals surface area contributed by atoms with Crippen LogP contribution in [0.2, 0.25) is 0 Å². The summed E-state index contributed by atoms with van der Waals surface area (Å²) in [5, 5.41) is 7.55. The van der Waals surface area contributed by atoms with E-state index in [0.29, 0.717) is 0 Å². The highest BCUT2D eigenvalue weighted by atomic mass is 35.5. The first kappa shape index (κ1) is 53.8. The molecule has 0 saturated heterocycles. The van der Waals surface area contributed by atoms with Gasteiger partial charge in [-0.1, -0.05) is 0 Å². The Morgan fingerprint density at radius 1 is 0.281 bits per heavy atom. The molecule has 0 radical (unpaired) electrons. The minimum absolute atomic E-state index is 0.0591. The average Bonchev–Trinajstić information content (AvgIpc) is 3.27. The van der Waals surface area contributed by atoms with Gasteiger partial charge in [0.05, 0.1) is 11.4 Å². The zero-order valence-electron chi connectivity index (χ0n) is 44.2. The van der Waals surface area contributed by atoms with Gasteiger partial charge in [-0.05, 0) is 335 Å². The van der Waals surface area contributed by atoms with Crippen LogP contribution in [-0.4, -0.2) is 10.6 Å². The van der Waals surface area contributed by atoms with Crippen LogP contribution in [0.15, 0.2) is 9.98 Å². The lowest BCUT2D eigenvalue weighted by Crippen LogP contribution is -2.25. The molecule has 0 aromatic heterocycles. The van der Waals surface area contributed by atoms with Gasteiger partial charge in [-0.2, -0.15) is 0 Å². The van der Waals surface area contributed by atoms with Crippen molar-refractivity contribution in [3.05, 3.63) is 139 Å². The number of rotatable bonds is 4. The third-order valence-electron chi connectivity index (χ3n) is 15.9. The Kier molecular flexibility index (Phi) is 17.8. The summed E-state index contributed by atoms with van der Waals surface area (Å²) in [4.78, 5) is 9.50. The van der Waals surface area contributed by atoms with Crippen LogP contribution in [-0.2, 0) is 0 Å². The molecule has 5 aromatic carbocycles. The van der Waals surface area contributed by atoms with E-state index >= 15 is 0 Å². The second-order valence-corrected chi connectivity index (χ2v) is 19.5. The number of halogens is 2. The molecule has 5 aromatic rings. The van der Waals surface area contributed by atoms with E-state index in [4.69, 9.17) is 33.9 Å². The molecular weight excluding hydrogens is 826 g/mol. The average molecular weight is 905 g/mol. The van der Waals surface area contributed by atoms with Crippen LogP contribution in [0.1, 0.15) is 139 Å². The molecule has 0 amide bonds. The number of guanidine groups is 1. The molecule has 7 heteroatoms. The number of nitrogens with one attached hydrogen (secondary N) is 2. The molecule has 64 heavy (non-hydrogen) atoms. The molecule has 0 aliphatic rings. The van der Waals surface area contributed by atoms with Gasteiger partial charge in [-0.15, -0.1) is 0 Å². The SMILES string of the molecule is Cc1c(C)c(C)c(N)c(C)c1C.Cc1c(C)c(C)c(N=C(Cl)Cl)c(C)c1C.Cc1c(C)c(C)c(N=C(Nc2c(C)c(C)c(C)c(C)c2C)Nc2c(C)c(C)c(C)c(C)c2C)c(C)c1C.